The van der Waals surface area contributed by atoms with Crippen molar-refractivity contribution in [3.8, 4) is 0 Å². The van der Waals surface area contributed by atoms with Gasteiger partial charge in [-0.3, -0.25) is 14.6 Å². The van der Waals surface area contributed by atoms with E-state index >= 15 is 0 Å². The number of aryl methyl sites for hydroxylation is 1. The number of rotatable bonds is 6. The summed E-state index contributed by atoms with van der Waals surface area (Å²) in [6, 6.07) is 13.6. The van der Waals surface area contributed by atoms with Crippen LogP contribution in [0.4, 0.5) is 5.13 Å². The number of para-hydroxylation sites is 1. The predicted molar refractivity (Wildman–Crippen MR) is 132 cm³/mol. The van der Waals surface area contributed by atoms with E-state index < -0.39 is 0 Å². The highest BCUT2D eigenvalue weighted by atomic mass is 35.5. The topological polar surface area (TPSA) is 45.7 Å². The first-order chi connectivity index (χ1) is 14.6. The van der Waals surface area contributed by atoms with E-state index in [0.717, 1.165) is 59.3 Å². The van der Waals surface area contributed by atoms with Crippen LogP contribution < -0.4 is 4.90 Å². The Labute approximate surface area is 197 Å². The number of carbonyl (C=O) groups is 1. The number of aromatic nitrogens is 1. The maximum absolute atomic E-state index is 13.2. The Balaban J connectivity index is 0.00000272. The first-order valence-corrected chi connectivity index (χ1v) is 11.2. The third-order valence-electron chi connectivity index (χ3n) is 5.16. The molecule has 0 N–H and O–H groups in total. The van der Waals surface area contributed by atoms with Gasteiger partial charge in [0.2, 0.25) is 0 Å². The largest absolute Gasteiger partial charge is 0.379 e. The molecule has 1 amide bonds. The first kappa shape index (κ1) is 23.7. The molecule has 0 aliphatic carbocycles. The van der Waals surface area contributed by atoms with Crippen molar-refractivity contribution in [2.75, 3.05) is 44.3 Å². The maximum Gasteiger partial charge on any atom is 0.252 e. The molecule has 31 heavy (non-hydrogen) atoms. The van der Waals surface area contributed by atoms with Gasteiger partial charge in [0, 0.05) is 37.3 Å². The fourth-order valence-corrected chi connectivity index (χ4v) is 4.69. The summed E-state index contributed by atoms with van der Waals surface area (Å²) in [5.41, 5.74) is 2.89. The molecule has 0 radical (unpaired) electrons. The molecule has 0 atom stereocenters. The number of ether oxygens (including phenoxy) is 1. The minimum Gasteiger partial charge on any atom is -0.379 e. The van der Waals surface area contributed by atoms with Gasteiger partial charge in [-0.2, -0.15) is 0 Å². The fourth-order valence-electron chi connectivity index (χ4n) is 3.42. The van der Waals surface area contributed by atoms with Crippen LogP contribution in [-0.2, 0) is 9.53 Å². The number of hydrogen-bond donors (Lipinski definition) is 0. The molecule has 2 heterocycles. The van der Waals surface area contributed by atoms with Crippen LogP contribution in [0.15, 0.2) is 48.5 Å². The van der Waals surface area contributed by atoms with Crippen LogP contribution in [0.2, 0.25) is 5.02 Å². The van der Waals surface area contributed by atoms with Crippen molar-refractivity contribution in [2.24, 2.45) is 0 Å². The van der Waals surface area contributed by atoms with Gasteiger partial charge in [0.25, 0.3) is 5.91 Å². The SMILES string of the molecule is Cc1cccc2sc(N(CCN3CCOCC3)C(=O)/C=C/c3ccccc3Cl)nc12.Cl. The van der Waals surface area contributed by atoms with Crippen molar-refractivity contribution in [2.45, 2.75) is 6.92 Å². The van der Waals surface area contributed by atoms with E-state index in [-0.39, 0.29) is 18.3 Å². The minimum atomic E-state index is -0.0973. The van der Waals surface area contributed by atoms with Crippen LogP contribution in [0.5, 0.6) is 0 Å². The maximum atomic E-state index is 13.2. The van der Waals surface area contributed by atoms with Crippen LogP contribution in [0.3, 0.4) is 0 Å². The van der Waals surface area contributed by atoms with E-state index in [1.807, 2.05) is 49.4 Å². The lowest BCUT2D eigenvalue weighted by Crippen LogP contribution is -2.42. The zero-order valence-corrected chi connectivity index (χ0v) is 19.7. The molecule has 0 bridgehead atoms. The zero-order valence-electron chi connectivity index (χ0n) is 17.3. The fraction of sp³-hybridized carbons (Fsp3) is 0.304. The van der Waals surface area contributed by atoms with E-state index in [1.54, 1.807) is 28.4 Å². The summed E-state index contributed by atoms with van der Waals surface area (Å²) in [5.74, 6) is -0.0973. The van der Waals surface area contributed by atoms with Crippen molar-refractivity contribution < 1.29 is 9.53 Å². The van der Waals surface area contributed by atoms with E-state index in [9.17, 15) is 4.79 Å². The Hall–Kier alpha value is -1.96. The molecule has 1 aromatic heterocycles. The summed E-state index contributed by atoms with van der Waals surface area (Å²) in [6.45, 7) is 6.64. The van der Waals surface area contributed by atoms with Gasteiger partial charge in [0.1, 0.15) is 0 Å². The number of fused-ring (bicyclic) bond motifs is 1. The van der Waals surface area contributed by atoms with Crippen molar-refractivity contribution in [1.29, 1.82) is 0 Å². The number of morpholine rings is 1. The lowest BCUT2D eigenvalue weighted by Gasteiger charge is -2.28. The number of benzene rings is 2. The summed E-state index contributed by atoms with van der Waals surface area (Å²) in [4.78, 5) is 22.1. The van der Waals surface area contributed by atoms with Gasteiger partial charge >= 0.3 is 0 Å². The van der Waals surface area contributed by atoms with Gasteiger partial charge in [-0.1, -0.05) is 53.3 Å². The summed E-state index contributed by atoms with van der Waals surface area (Å²) < 4.78 is 6.52. The Morgan fingerprint density at radius 2 is 2.00 bits per heavy atom. The molecule has 2 aromatic carbocycles. The predicted octanol–water partition coefficient (Wildman–Crippen LogP) is 5.06. The molecule has 0 spiro atoms. The Kier molecular flexibility index (Phi) is 8.46. The van der Waals surface area contributed by atoms with Gasteiger partial charge in [0.05, 0.1) is 23.4 Å². The Bertz CT molecular complexity index is 1060. The third kappa shape index (κ3) is 5.84. The number of amides is 1. The Morgan fingerprint density at radius 3 is 2.74 bits per heavy atom. The molecule has 3 aromatic rings. The number of carbonyl (C=O) groups excluding carboxylic acids is 1. The quantitative estimate of drug-likeness (QED) is 0.465. The van der Waals surface area contributed by atoms with Crippen LogP contribution >= 0.6 is 35.3 Å². The molecule has 1 aliphatic heterocycles. The lowest BCUT2D eigenvalue weighted by atomic mass is 10.2. The molecule has 0 saturated carbocycles. The summed E-state index contributed by atoms with van der Waals surface area (Å²) >= 11 is 7.78. The van der Waals surface area contributed by atoms with Crippen LogP contribution in [0.1, 0.15) is 11.1 Å². The summed E-state index contributed by atoms with van der Waals surface area (Å²) in [7, 11) is 0. The molecule has 0 unspecified atom stereocenters. The number of nitrogens with zero attached hydrogens (tertiary/aromatic N) is 3. The number of hydrogen-bond acceptors (Lipinski definition) is 5. The average Bonchev–Trinajstić information content (AvgIpc) is 3.19. The molecule has 8 heteroatoms. The third-order valence-corrected chi connectivity index (χ3v) is 6.55. The second-order valence-corrected chi connectivity index (χ2v) is 8.63. The monoisotopic (exact) mass is 477 g/mol. The van der Waals surface area contributed by atoms with Crippen molar-refractivity contribution in [1.82, 2.24) is 9.88 Å². The standard InChI is InChI=1S/C23H24ClN3O2S.ClH/c1-17-5-4-8-20-22(17)25-23(30-20)27(12-11-26-13-15-29-16-14-26)21(28)10-9-18-6-2-3-7-19(18)24;/h2-10H,11-16H2,1H3;1H/b10-9+;. The molecule has 4 rings (SSSR count). The summed E-state index contributed by atoms with van der Waals surface area (Å²) in [6.07, 6.45) is 3.35. The van der Waals surface area contributed by atoms with E-state index in [4.69, 9.17) is 21.3 Å². The van der Waals surface area contributed by atoms with E-state index in [0.29, 0.717) is 11.6 Å². The molecule has 1 fully saturated rings. The molecule has 1 aliphatic rings. The average molecular weight is 478 g/mol. The highest BCUT2D eigenvalue weighted by Gasteiger charge is 2.20. The van der Waals surface area contributed by atoms with E-state index in [2.05, 4.69) is 4.90 Å². The molecule has 5 nitrogen and oxygen atoms in total. The van der Waals surface area contributed by atoms with Gasteiger partial charge in [-0.25, -0.2) is 4.98 Å². The van der Waals surface area contributed by atoms with Crippen LogP contribution in [0, 0.1) is 6.92 Å². The van der Waals surface area contributed by atoms with Crippen molar-refractivity contribution in [3.05, 3.63) is 64.7 Å². The lowest BCUT2D eigenvalue weighted by molar-refractivity contribution is -0.114. The van der Waals surface area contributed by atoms with Gasteiger partial charge < -0.3 is 4.74 Å². The number of halogens is 2. The smallest absolute Gasteiger partial charge is 0.252 e. The summed E-state index contributed by atoms with van der Waals surface area (Å²) in [5, 5.41) is 1.35. The molecule has 164 valence electrons. The highest BCUT2D eigenvalue weighted by Crippen LogP contribution is 2.31. The number of thiazole rings is 1. The van der Waals surface area contributed by atoms with Crippen molar-refractivity contribution in [3.63, 3.8) is 0 Å². The molecular weight excluding hydrogens is 453 g/mol. The van der Waals surface area contributed by atoms with Crippen LogP contribution in [0.25, 0.3) is 16.3 Å². The van der Waals surface area contributed by atoms with Gasteiger partial charge in [-0.15, -0.1) is 12.4 Å². The van der Waals surface area contributed by atoms with Gasteiger partial charge in [0.15, 0.2) is 5.13 Å². The Morgan fingerprint density at radius 1 is 1.23 bits per heavy atom. The molecule has 1 saturated heterocycles. The van der Waals surface area contributed by atoms with E-state index in [1.165, 1.54) is 0 Å². The minimum absolute atomic E-state index is 0. The van der Waals surface area contributed by atoms with Crippen molar-refractivity contribution >= 4 is 62.7 Å². The number of anilines is 1. The van der Waals surface area contributed by atoms with Gasteiger partial charge in [-0.05, 0) is 36.3 Å². The van der Waals surface area contributed by atoms with Crippen LogP contribution in [-0.4, -0.2) is 55.2 Å². The second kappa shape index (κ2) is 11.1. The highest BCUT2D eigenvalue weighted by molar-refractivity contribution is 7.22. The molecular formula is C23H25Cl2N3O2S. The second-order valence-electron chi connectivity index (χ2n) is 7.22. The first-order valence-electron chi connectivity index (χ1n) is 10.0. The normalized spacial score (nSPS) is 14.6. The zero-order chi connectivity index (χ0) is 20.9.